The number of aromatic nitrogens is 1. The van der Waals surface area contributed by atoms with Crippen LogP contribution in [0, 0.1) is 0 Å². The van der Waals surface area contributed by atoms with E-state index in [9.17, 15) is 9.59 Å². The summed E-state index contributed by atoms with van der Waals surface area (Å²) in [6.07, 6.45) is 4.71. The lowest BCUT2D eigenvalue weighted by Gasteiger charge is -2.31. The van der Waals surface area contributed by atoms with E-state index in [0.717, 1.165) is 37.0 Å². The van der Waals surface area contributed by atoms with Gasteiger partial charge in [-0.15, -0.1) is 0 Å². The molecule has 0 aliphatic heterocycles. The average molecular weight is 294 g/mol. The lowest BCUT2D eigenvalue weighted by molar-refractivity contribution is -0.138. The maximum Gasteiger partial charge on any atom is 0.305 e. The van der Waals surface area contributed by atoms with Crippen LogP contribution in [0.5, 0.6) is 0 Å². The molecule has 0 fully saturated rings. The monoisotopic (exact) mass is 294 g/mol. The van der Waals surface area contributed by atoms with Crippen LogP contribution in [-0.2, 0) is 17.6 Å². The van der Waals surface area contributed by atoms with Crippen LogP contribution in [-0.4, -0.2) is 27.7 Å². The number of nitrogens with zero attached hydrogens (tertiary/aromatic N) is 1. The highest BCUT2D eigenvalue weighted by atomic mass is 16.5. The number of amides is 1. The van der Waals surface area contributed by atoms with E-state index < -0.39 is 11.5 Å². The van der Waals surface area contributed by atoms with Crippen molar-refractivity contribution < 1.29 is 19.2 Å². The Bertz CT molecular complexity index is 532. The molecular weight excluding hydrogens is 272 g/mol. The molecule has 6 nitrogen and oxygen atoms in total. The molecule has 0 radical (unpaired) electrons. The van der Waals surface area contributed by atoms with Crippen molar-refractivity contribution in [2.75, 3.05) is 0 Å². The molecule has 0 bridgehead atoms. The summed E-state index contributed by atoms with van der Waals surface area (Å²) in [5.41, 5.74) is 0.472. The van der Waals surface area contributed by atoms with E-state index in [-0.39, 0.29) is 12.3 Å². The molecule has 2 rings (SSSR count). The number of hydrogen-bond acceptors (Lipinski definition) is 4. The van der Waals surface area contributed by atoms with Gasteiger partial charge in [0.05, 0.1) is 12.0 Å². The standard InChI is InChI=1S/C15H22N2O4/c1-3-15(4-2,9-12(18)19)16-14(20)13-10-7-5-6-8-11(10)21-17-13/h3-9H2,1-2H3,(H,16,20)(H,18,19). The van der Waals surface area contributed by atoms with Gasteiger partial charge in [-0.1, -0.05) is 19.0 Å². The number of carboxylic acid groups (broad SMARTS) is 1. The van der Waals surface area contributed by atoms with E-state index in [1.54, 1.807) is 0 Å². The number of hydrogen-bond donors (Lipinski definition) is 2. The van der Waals surface area contributed by atoms with Crippen LogP contribution >= 0.6 is 0 Å². The summed E-state index contributed by atoms with van der Waals surface area (Å²) in [5.74, 6) is -0.448. The average Bonchev–Trinajstić information content (AvgIpc) is 2.90. The zero-order valence-corrected chi connectivity index (χ0v) is 12.6. The van der Waals surface area contributed by atoms with Gasteiger partial charge >= 0.3 is 5.97 Å². The molecule has 0 saturated carbocycles. The fourth-order valence-electron chi connectivity index (χ4n) is 2.87. The molecule has 0 atom stereocenters. The van der Waals surface area contributed by atoms with Gasteiger partial charge < -0.3 is 14.9 Å². The normalized spacial score (nSPS) is 14.6. The molecule has 0 unspecified atom stereocenters. The first kappa shape index (κ1) is 15.5. The summed E-state index contributed by atoms with van der Waals surface area (Å²) in [6, 6.07) is 0. The minimum Gasteiger partial charge on any atom is -0.481 e. The van der Waals surface area contributed by atoms with Gasteiger partial charge in [0, 0.05) is 12.0 Å². The first-order valence-corrected chi connectivity index (χ1v) is 7.53. The molecule has 6 heteroatoms. The van der Waals surface area contributed by atoms with Crippen LogP contribution in [0.2, 0.25) is 0 Å². The molecule has 0 spiro atoms. The van der Waals surface area contributed by atoms with Crippen molar-refractivity contribution >= 4 is 11.9 Å². The Hall–Kier alpha value is -1.85. The second-order valence-electron chi connectivity index (χ2n) is 5.65. The Morgan fingerprint density at radius 2 is 1.95 bits per heavy atom. The van der Waals surface area contributed by atoms with E-state index in [4.69, 9.17) is 9.63 Å². The Kier molecular flexibility index (Phi) is 4.65. The summed E-state index contributed by atoms with van der Waals surface area (Å²) in [6.45, 7) is 3.76. The van der Waals surface area contributed by atoms with Crippen molar-refractivity contribution in [1.82, 2.24) is 10.5 Å². The zero-order chi connectivity index (χ0) is 15.5. The maximum absolute atomic E-state index is 12.5. The van der Waals surface area contributed by atoms with Crippen LogP contribution in [0.4, 0.5) is 0 Å². The Labute approximate surface area is 123 Å². The molecule has 1 heterocycles. The highest BCUT2D eigenvalue weighted by Gasteiger charge is 2.33. The molecule has 0 saturated heterocycles. The third kappa shape index (κ3) is 3.25. The van der Waals surface area contributed by atoms with E-state index in [0.29, 0.717) is 18.5 Å². The van der Waals surface area contributed by atoms with Crippen LogP contribution < -0.4 is 5.32 Å². The predicted octanol–water partition coefficient (Wildman–Crippen LogP) is 2.32. The summed E-state index contributed by atoms with van der Waals surface area (Å²) >= 11 is 0. The van der Waals surface area contributed by atoms with Gasteiger partial charge in [-0.05, 0) is 32.1 Å². The number of carbonyl (C=O) groups excluding carboxylic acids is 1. The van der Waals surface area contributed by atoms with Gasteiger partial charge in [-0.2, -0.15) is 0 Å². The molecule has 1 amide bonds. The van der Waals surface area contributed by atoms with E-state index in [1.807, 2.05) is 13.8 Å². The van der Waals surface area contributed by atoms with Crippen molar-refractivity contribution in [3.05, 3.63) is 17.0 Å². The first-order valence-electron chi connectivity index (χ1n) is 7.53. The summed E-state index contributed by atoms with van der Waals surface area (Å²) in [7, 11) is 0. The number of fused-ring (bicyclic) bond motifs is 1. The number of nitrogens with one attached hydrogen (secondary N) is 1. The Morgan fingerprint density at radius 3 is 2.57 bits per heavy atom. The molecule has 2 N–H and O–H groups in total. The lowest BCUT2D eigenvalue weighted by Crippen LogP contribution is -2.49. The Morgan fingerprint density at radius 1 is 1.29 bits per heavy atom. The minimum atomic E-state index is -0.916. The van der Waals surface area contributed by atoms with Crippen molar-refractivity contribution in [3.8, 4) is 0 Å². The summed E-state index contributed by atoms with van der Waals surface area (Å²) in [4.78, 5) is 23.5. The molecule has 1 aromatic rings. The highest BCUT2D eigenvalue weighted by molar-refractivity contribution is 5.94. The largest absolute Gasteiger partial charge is 0.481 e. The minimum absolute atomic E-state index is 0.0915. The van der Waals surface area contributed by atoms with E-state index in [2.05, 4.69) is 10.5 Å². The van der Waals surface area contributed by atoms with Crippen LogP contribution in [0.3, 0.4) is 0 Å². The third-order valence-electron chi connectivity index (χ3n) is 4.39. The van der Waals surface area contributed by atoms with Gasteiger partial charge in [0.25, 0.3) is 5.91 Å². The molecule has 1 aliphatic carbocycles. The van der Waals surface area contributed by atoms with Crippen molar-refractivity contribution in [3.63, 3.8) is 0 Å². The van der Waals surface area contributed by atoms with Crippen molar-refractivity contribution in [2.45, 2.75) is 64.3 Å². The van der Waals surface area contributed by atoms with E-state index in [1.165, 1.54) is 0 Å². The maximum atomic E-state index is 12.5. The number of carboxylic acids is 1. The molecule has 0 aromatic carbocycles. The summed E-state index contributed by atoms with van der Waals surface area (Å²) in [5, 5.41) is 15.8. The van der Waals surface area contributed by atoms with Gasteiger partial charge in [0.15, 0.2) is 5.69 Å². The number of rotatable bonds is 6. The molecular formula is C15H22N2O4. The smallest absolute Gasteiger partial charge is 0.305 e. The van der Waals surface area contributed by atoms with Crippen LogP contribution in [0.25, 0.3) is 0 Å². The topological polar surface area (TPSA) is 92.4 Å². The SMILES string of the molecule is CCC(CC)(CC(=O)O)NC(=O)c1noc2c1CCCC2. The second-order valence-corrected chi connectivity index (χ2v) is 5.65. The second kappa shape index (κ2) is 6.28. The predicted molar refractivity (Wildman–Crippen MR) is 76.2 cm³/mol. The van der Waals surface area contributed by atoms with Crippen LogP contribution in [0.1, 0.15) is 67.8 Å². The van der Waals surface area contributed by atoms with Gasteiger partial charge in [0.2, 0.25) is 0 Å². The fraction of sp³-hybridized carbons (Fsp3) is 0.667. The van der Waals surface area contributed by atoms with E-state index >= 15 is 0 Å². The highest BCUT2D eigenvalue weighted by Crippen LogP contribution is 2.26. The third-order valence-corrected chi connectivity index (χ3v) is 4.39. The molecule has 1 aromatic heterocycles. The molecule has 21 heavy (non-hydrogen) atoms. The quantitative estimate of drug-likeness (QED) is 0.840. The number of aryl methyl sites for hydroxylation is 1. The fourth-order valence-corrected chi connectivity index (χ4v) is 2.87. The van der Waals surface area contributed by atoms with Crippen LogP contribution in [0.15, 0.2) is 4.52 Å². The van der Waals surface area contributed by atoms with Crippen molar-refractivity contribution in [1.29, 1.82) is 0 Å². The number of carbonyl (C=O) groups is 2. The first-order chi connectivity index (χ1) is 10.0. The molecule has 116 valence electrons. The number of aliphatic carboxylic acids is 1. The van der Waals surface area contributed by atoms with Gasteiger partial charge in [-0.25, -0.2) is 0 Å². The molecule has 1 aliphatic rings. The van der Waals surface area contributed by atoms with Gasteiger partial charge in [0.1, 0.15) is 5.76 Å². The van der Waals surface area contributed by atoms with Gasteiger partial charge in [-0.3, -0.25) is 9.59 Å². The zero-order valence-electron chi connectivity index (χ0n) is 12.6. The Balaban J connectivity index is 2.19. The summed E-state index contributed by atoms with van der Waals surface area (Å²) < 4.78 is 5.24. The lowest BCUT2D eigenvalue weighted by atomic mass is 9.88. The van der Waals surface area contributed by atoms with Crippen molar-refractivity contribution in [2.24, 2.45) is 0 Å².